The van der Waals surface area contributed by atoms with Gasteiger partial charge < -0.3 is 5.73 Å². The zero-order valence-electron chi connectivity index (χ0n) is 12.3. The average Bonchev–Trinajstić information content (AvgIpc) is 3.05. The van der Waals surface area contributed by atoms with Crippen LogP contribution in [0.25, 0.3) is 0 Å². The summed E-state index contributed by atoms with van der Waals surface area (Å²) in [5, 5.41) is 0. The van der Waals surface area contributed by atoms with Crippen LogP contribution in [-0.4, -0.2) is 30.6 Å². The summed E-state index contributed by atoms with van der Waals surface area (Å²) in [6, 6.07) is 0.660. The van der Waals surface area contributed by atoms with Crippen molar-refractivity contribution in [3.8, 4) is 0 Å². The molecule has 0 saturated heterocycles. The number of rotatable bonds is 9. The fourth-order valence-electron chi connectivity index (χ4n) is 2.41. The number of nitrogens with zero attached hydrogens (tertiary/aromatic N) is 1. The smallest absolute Gasteiger partial charge is 0.0246 e. The van der Waals surface area contributed by atoms with Gasteiger partial charge in [-0.05, 0) is 56.5 Å². The topological polar surface area (TPSA) is 29.3 Å². The first-order chi connectivity index (χ1) is 8.04. The molecule has 2 heteroatoms. The van der Waals surface area contributed by atoms with Crippen LogP contribution in [-0.2, 0) is 0 Å². The fraction of sp³-hybridized carbons (Fsp3) is 1.00. The summed E-state index contributed by atoms with van der Waals surface area (Å²) < 4.78 is 0. The van der Waals surface area contributed by atoms with E-state index >= 15 is 0 Å². The molecule has 0 aromatic carbocycles. The Morgan fingerprint density at radius 1 is 1.00 bits per heavy atom. The summed E-state index contributed by atoms with van der Waals surface area (Å²) in [6.07, 6.45) is 5.42. The van der Waals surface area contributed by atoms with Crippen molar-refractivity contribution in [2.75, 3.05) is 19.6 Å². The maximum absolute atomic E-state index is 5.99. The Bertz CT molecular complexity index is 185. The van der Waals surface area contributed by atoms with Crippen LogP contribution in [0.15, 0.2) is 0 Å². The number of nitrogens with two attached hydrogens (primary N) is 1. The van der Waals surface area contributed by atoms with Gasteiger partial charge in [0.2, 0.25) is 0 Å². The molecular weight excluding hydrogens is 208 g/mol. The molecule has 1 fully saturated rings. The Hall–Kier alpha value is -0.0800. The molecular formula is C15H32N2. The molecule has 0 aromatic heterocycles. The largest absolute Gasteiger partial charge is 0.329 e. The lowest BCUT2D eigenvalue weighted by molar-refractivity contribution is 0.163. The molecule has 0 spiro atoms. The van der Waals surface area contributed by atoms with Gasteiger partial charge in [0.05, 0.1) is 0 Å². The molecule has 102 valence electrons. The van der Waals surface area contributed by atoms with Crippen LogP contribution in [0, 0.1) is 17.8 Å². The van der Waals surface area contributed by atoms with Gasteiger partial charge in [-0.25, -0.2) is 0 Å². The summed E-state index contributed by atoms with van der Waals surface area (Å²) >= 11 is 0. The molecule has 0 aliphatic heterocycles. The molecule has 2 nitrogen and oxygen atoms in total. The second-order valence-electron chi connectivity index (χ2n) is 6.54. The van der Waals surface area contributed by atoms with Gasteiger partial charge in [0, 0.05) is 12.6 Å². The second-order valence-corrected chi connectivity index (χ2v) is 6.54. The molecule has 1 aliphatic rings. The third-order valence-corrected chi connectivity index (χ3v) is 3.86. The first-order valence-corrected chi connectivity index (χ1v) is 7.48. The second kappa shape index (κ2) is 7.38. The van der Waals surface area contributed by atoms with Gasteiger partial charge in [-0.3, -0.25) is 4.90 Å². The summed E-state index contributed by atoms with van der Waals surface area (Å²) in [4.78, 5) is 2.68. The van der Waals surface area contributed by atoms with E-state index in [-0.39, 0.29) is 0 Å². The molecule has 1 saturated carbocycles. The normalized spacial score (nSPS) is 18.4. The molecule has 0 bridgehead atoms. The van der Waals surface area contributed by atoms with Gasteiger partial charge in [-0.15, -0.1) is 0 Å². The van der Waals surface area contributed by atoms with E-state index in [1.165, 1.54) is 38.8 Å². The Morgan fingerprint density at radius 3 is 1.76 bits per heavy atom. The summed E-state index contributed by atoms with van der Waals surface area (Å²) in [5.74, 6) is 2.50. The third-order valence-electron chi connectivity index (χ3n) is 3.86. The molecule has 1 unspecified atom stereocenters. The molecule has 17 heavy (non-hydrogen) atoms. The van der Waals surface area contributed by atoms with Crippen molar-refractivity contribution < 1.29 is 0 Å². The van der Waals surface area contributed by atoms with Crippen LogP contribution in [0.2, 0.25) is 0 Å². The van der Waals surface area contributed by atoms with Crippen LogP contribution in [0.1, 0.15) is 53.4 Å². The van der Waals surface area contributed by atoms with Gasteiger partial charge in [0.1, 0.15) is 0 Å². The zero-order valence-corrected chi connectivity index (χ0v) is 12.3. The highest BCUT2D eigenvalue weighted by molar-refractivity contribution is 4.89. The van der Waals surface area contributed by atoms with Crippen LogP contribution in [0.5, 0.6) is 0 Å². The number of hydrogen-bond donors (Lipinski definition) is 1. The van der Waals surface area contributed by atoms with E-state index in [2.05, 4.69) is 32.6 Å². The van der Waals surface area contributed by atoms with Gasteiger partial charge in [0.25, 0.3) is 0 Å². The standard InChI is InChI=1S/C15H32N2/c1-12(2)7-9-17(10-8-13(3)4)15(11-16)14-5-6-14/h12-15H,5-11,16H2,1-4H3. The number of hydrogen-bond acceptors (Lipinski definition) is 2. The highest BCUT2D eigenvalue weighted by Crippen LogP contribution is 2.35. The zero-order chi connectivity index (χ0) is 12.8. The molecule has 0 aromatic rings. The maximum atomic E-state index is 5.99. The van der Waals surface area contributed by atoms with Gasteiger partial charge >= 0.3 is 0 Å². The lowest BCUT2D eigenvalue weighted by Crippen LogP contribution is -2.43. The predicted octanol–water partition coefficient (Wildman–Crippen LogP) is 3.12. The average molecular weight is 240 g/mol. The Labute approximate surface area is 108 Å². The highest BCUT2D eigenvalue weighted by Gasteiger charge is 2.33. The highest BCUT2D eigenvalue weighted by atomic mass is 15.2. The van der Waals surface area contributed by atoms with Crippen molar-refractivity contribution in [3.63, 3.8) is 0 Å². The van der Waals surface area contributed by atoms with Crippen molar-refractivity contribution >= 4 is 0 Å². The SMILES string of the molecule is CC(C)CCN(CCC(C)C)C(CN)C1CC1. The van der Waals surface area contributed by atoms with E-state index < -0.39 is 0 Å². The van der Waals surface area contributed by atoms with Crippen LogP contribution >= 0.6 is 0 Å². The summed E-state index contributed by atoms with van der Waals surface area (Å²) in [5.41, 5.74) is 5.99. The summed E-state index contributed by atoms with van der Waals surface area (Å²) in [6.45, 7) is 12.6. The van der Waals surface area contributed by atoms with E-state index in [9.17, 15) is 0 Å². The first kappa shape index (κ1) is 15.0. The molecule has 1 aliphatic carbocycles. The molecule has 1 atom stereocenters. The monoisotopic (exact) mass is 240 g/mol. The molecule has 2 N–H and O–H groups in total. The Kier molecular flexibility index (Phi) is 6.50. The van der Waals surface area contributed by atoms with E-state index in [0.29, 0.717) is 6.04 Å². The minimum atomic E-state index is 0.660. The quantitative estimate of drug-likeness (QED) is 0.671. The van der Waals surface area contributed by atoms with E-state index in [4.69, 9.17) is 5.73 Å². The lowest BCUT2D eigenvalue weighted by atomic mass is 10.0. The van der Waals surface area contributed by atoms with Crippen molar-refractivity contribution in [2.24, 2.45) is 23.5 Å². The first-order valence-electron chi connectivity index (χ1n) is 7.48. The molecule has 0 amide bonds. The van der Waals surface area contributed by atoms with Crippen molar-refractivity contribution in [3.05, 3.63) is 0 Å². The minimum absolute atomic E-state index is 0.660. The van der Waals surface area contributed by atoms with Crippen molar-refractivity contribution in [2.45, 2.75) is 59.4 Å². The van der Waals surface area contributed by atoms with Gasteiger partial charge in [-0.1, -0.05) is 27.7 Å². The van der Waals surface area contributed by atoms with Crippen LogP contribution in [0.4, 0.5) is 0 Å². The molecule has 1 rings (SSSR count). The van der Waals surface area contributed by atoms with Gasteiger partial charge in [-0.2, -0.15) is 0 Å². The fourth-order valence-corrected chi connectivity index (χ4v) is 2.41. The Balaban J connectivity index is 2.43. The third kappa shape index (κ3) is 5.87. The lowest BCUT2D eigenvalue weighted by Gasteiger charge is -2.32. The predicted molar refractivity (Wildman–Crippen MR) is 76.0 cm³/mol. The van der Waals surface area contributed by atoms with Crippen LogP contribution in [0.3, 0.4) is 0 Å². The van der Waals surface area contributed by atoms with Crippen LogP contribution < -0.4 is 5.73 Å². The van der Waals surface area contributed by atoms with Gasteiger partial charge in [0.15, 0.2) is 0 Å². The summed E-state index contributed by atoms with van der Waals surface area (Å²) in [7, 11) is 0. The maximum Gasteiger partial charge on any atom is 0.0246 e. The van der Waals surface area contributed by atoms with E-state index in [1.807, 2.05) is 0 Å². The molecule has 0 heterocycles. The Morgan fingerprint density at radius 2 is 1.47 bits per heavy atom. The van der Waals surface area contributed by atoms with E-state index in [0.717, 1.165) is 24.3 Å². The van der Waals surface area contributed by atoms with E-state index in [1.54, 1.807) is 0 Å². The van der Waals surface area contributed by atoms with Crippen molar-refractivity contribution in [1.29, 1.82) is 0 Å². The molecule has 0 radical (unpaired) electrons. The van der Waals surface area contributed by atoms with Crippen molar-refractivity contribution in [1.82, 2.24) is 4.90 Å². The minimum Gasteiger partial charge on any atom is -0.329 e.